The molecule has 1 amide bonds. The maximum Gasteiger partial charge on any atom is 0.262 e. The molecule has 0 spiro atoms. The number of rotatable bonds is 5. The predicted octanol–water partition coefficient (Wildman–Crippen LogP) is 4.06. The normalized spacial score (nSPS) is 11.5. The maximum atomic E-state index is 11.9. The van der Waals surface area contributed by atoms with E-state index in [9.17, 15) is 4.79 Å². The molecule has 1 aromatic heterocycles. The molecule has 1 rings (SSSR count). The van der Waals surface area contributed by atoms with Crippen molar-refractivity contribution in [3.63, 3.8) is 0 Å². The van der Waals surface area contributed by atoms with Gasteiger partial charge in [-0.25, -0.2) is 0 Å². The third kappa shape index (κ3) is 4.00. The molecule has 1 aromatic rings. The van der Waals surface area contributed by atoms with Crippen LogP contribution in [0.5, 0.6) is 0 Å². The number of thiophene rings is 1. The second-order valence-corrected chi connectivity index (χ2v) is 6.28. The van der Waals surface area contributed by atoms with Crippen LogP contribution in [-0.4, -0.2) is 12.5 Å². The molecule has 2 nitrogen and oxygen atoms in total. The lowest BCUT2D eigenvalue weighted by Gasteiger charge is -2.24. The Morgan fingerprint density at radius 2 is 1.94 bits per heavy atom. The second kappa shape index (κ2) is 6.41. The minimum atomic E-state index is -0.0590. The lowest BCUT2D eigenvalue weighted by atomic mass is 9.85. The highest BCUT2D eigenvalue weighted by Gasteiger charge is 2.19. The third-order valence-electron chi connectivity index (χ3n) is 3.03. The van der Waals surface area contributed by atoms with Crippen molar-refractivity contribution in [2.24, 2.45) is 17.8 Å². The number of hydrogen-bond donors (Lipinski definition) is 1. The van der Waals surface area contributed by atoms with Gasteiger partial charge in [0.25, 0.3) is 5.91 Å². The van der Waals surface area contributed by atoms with Crippen LogP contribution < -0.4 is 5.32 Å². The Morgan fingerprint density at radius 1 is 1.35 bits per heavy atom. The molecule has 0 unspecified atom stereocenters. The van der Waals surface area contributed by atoms with Crippen LogP contribution in [0.25, 0.3) is 0 Å². The zero-order chi connectivity index (χ0) is 13.0. The van der Waals surface area contributed by atoms with Gasteiger partial charge in [-0.15, -0.1) is 11.3 Å². The van der Waals surface area contributed by atoms with E-state index in [1.54, 1.807) is 6.07 Å². The third-order valence-corrected chi connectivity index (χ3v) is 4.37. The van der Waals surface area contributed by atoms with Gasteiger partial charge >= 0.3 is 0 Å². The van der Waals surface area contributed by atoms with Gasteiger partial charge in [0.15, 0.2) is 0 Å². The van der Waals surface area contributed by atoms with Crippen LogP contribution in [0.4, 0.5) is 0 Å². The van der Waals surface area contributed by atoms with E-state index in [1.165, 1.54) is 11.3 Å². The van der Waals surface area contributed by atoms with Crippen molar-refractivity contribution >= 4 is 28.8 Å². The molecule has 96 valence electrons. The van der Waals surface area contributed by atoms with E-state index in [0.717, 1.165) is 0 Å². The number of hydrogen-bond acceptors (Lipinski definition) is 2. The first-order valence-electron chi connectivity index (χ1n) is 5.94. The van der Waals surface area contributed by atoms with Crippen LogP contribution in [0.1, 0.15) is 37.4 Å². The lowest BCUT2D eigenvalue weighted by Crippen LogP contribution is -2.33. The van der Waals surface area contributed by atoms with Crippen LogP contribution in [0.15, 0.2) is 11.4 Å². The molecule has 1 heterocycles. The molecular formula is C13H20ClNOS. The molecule has 4 heteroatoms. The molecule has 0 aromatic carbocycles. The average molecular weight is 274 g/mol. The van der Waals surface area contributed by atoms with Crippen molar-refractivity contribution in [2.75, 3.05) is 6.54 Å². The van der Waals surface area contributed by atoms with E-state index in [4.69, 9.17) is 11.6 Å². The molecule has 1 N–H and O–H groups in total. The summed E-state index contributed by atoms with van der Waals surface area (Å²) in [7, 11) is 0. The zero-order valence-corrected chi connectivity index (χ0v) is 12.4. The largest absolute Gasteiger partial charge is 0.351 e. The SMILES string of the molecule is CC(C)C(CNC(=O)c1sccc1Cl)C(C)C. The number of carbonyl (C=O) groups is 1. The van der Waals surface area contributed by atoms with Crippen LogP contribution in [0, 0.1) is 17.8 Å². The Labute approximate surface area is 112 Å². The summed E-state index contributed by atoms with van der Waals surface area (Å²) in [5.74, 6) is 1.57. The quantitative estimate of drug-likeness (QED) is 0.861. The van der Waals surface area contributed by atoms with Gasteiger partial charge in [-0.3, -0.25) is 4.79 Å². The first-order valence-corrected chi connectivity index (χ1v) is 7.20. The molecule has 0 saturated heterocycles. The fourth-order valence-electron chi connectivity index (χ4n) is 1.99. The molecule has 0 saturated carbocycles. The van der Waals surface area contributed by atoms with Gasteiger partial charge < -0.3 is 5.32 Å². The number of halogens is 1. The Morgan fingerprint density at radius 3 is 2.35 bits per heavy atom. The minimum absolute atomic E-state index is 0.0590. The van der Waals surface area contributed by atoms with Gasteiger partial charge in [0.1, 0.15) is 4.88 Å². The van der Waals surface area contributed by atoms with Gasteiger partial charge in [0, 0.05) is 6.54 Å². The zero-order valence-electron chi connectivity index (χ0n) is 10.8. The summed E-state index contributed by atoms with van der Waals surface area (Å²) in [6, 6.07) is 1.75. The predicted molar refractivity (Wildman–Crippen MR) is 74.8 cm³/mol. The van der Waals surface area contributed by atoms with Crippen molar-refractivity contribution in [3.05, 3.63) is 21.3 Å². The minimum Gasteiger partial charge on any atom is -0.351 e. The number of nitrogens with one attached hydrogen (secondary N) is 1. The van der Waals surface area contributed by atoms with Crippen molar-refractivity contribution < 1.29 is 4.79 Å². The molecule has 0 aliphatic carbocycles. The van der Waals surface area contributed by atoms with E-state index in [1.807, 2.05) is 5.38 Å². The van der Waals surface area contributed by atoms with Crippen LogP contribution in [0.3, 0.4) is 0 Å². The number of amides is 1. The summed E-state index contributed by atoms with van der Waals surface area (Å²) in [5, 5.41) is 5.35. The summed E-state index contributed by atoms with van der Waals surface area (Å²) in [4.78, 5) is 12.5. The van der Waals surface area contributed by atoms with Crippen LogP contribution >= 0.6 is 22.9 Å². The second-order valence-electron chi connectivity index (χ2n) is 4.96. The Bertz CT molecular complexity index is 365. The molecular weight excluding hydrogens is 254 g/mol. The Hall–Kier alpha value is -0.540. The number of carbonyl (C=O) groups excluding carboxylic acids is 1. The standard InChI is InChI=1S/C13H20ClNOS/c1-8(2)10(9(3)4)7-15-13(16)12-11(14)5-6-17-12/h5-6,8-10H,7H2,1-4H3,(H,15,16). The van der Waals surface area contributed by atoms with Crippen LogP contribution in [-0.2, 0) is 0 Å². The highest BCUT2D eigenvalue weighted by molar-refractivity contribution is 7.12. The summed E-state index contributed by atoms with van der Waals surface area (Å²) in [5.41, 5.74) is 0. The van der Waals surface area contributed by atoms with Gasteiger partial charge in [0.2, 0.25) is 0 Å². The van der Waals surface area contributed by atoms with Crippen molar-refractivity contribution in [2.45, 2.75) is 27.7 Å². The summed E-state index contributed by atoms with van der Waals surface area (Å²) >= 11 is 7.31. The molecule has 0 radical (unpaired) electrons. The van der Waals surface area contributed by atoms with E-state index in [0.29, 0.717) is 34.2 Å². The monoisotopic (exact) mass is 273 g/mol. The first kappa shape index (κ1) is 14.5. The fourth-order valence-corrected chi connectivity index (χ4v) is 3.04. The van der Waals surface area contributed by atoms with Crippen molar-refractivity contribution in [1.29, 1.82) is 0 Å². The molecule has 0 bridgehead atoms. The average Bonchev–Trinajstić information content (AvgIpc) is 2.63. The Balaban J connectivity index is 2.56. The molecule has 0 aliphatic rings. The summed E-state index contributed by atoms with van der Waals surface area (Å²) in [6.07, 6.45) is 0. The fraction of sp³-hybridized carbons (Fsp3) is 0.615. The van der Waals surface area contributed by atoms with Gasteiger partial charge in [-0.1, -0.05) is 39.3 Å². The lowest BCUT2D eigenvalue weighted by molar-refractivity contribution is 0.0941. The highest BCUT2D eigenvalue weighted by Crippen LogP contribution is 2.23. The summed E-state index contributed by atoms with van der Waals surface area (Å²) < 4.78 is 0. The van der Waals surface area contributed by atoms with E-state index in [2.05, 4.69) is 33.0 Å². The summed E-state index contributed by atoms with van der Waals surface area (Å²) in [6.45, 7) is 9.47. The van der Waals surface area contributed by atoms with Crippen molar-refractivity contribution in [1.82, 2.24) is 5.32 Å². The van der Waals surface area contributed by atoms with Gasteiger partial charge in [-0.2, -0.15) is 0 Å². The van der Waals surface area contributed by atoms with E-state index < -0.39 is 0 Å². The Kier molecular flexibility index (Phi) is 5.47. The van der Waals surface area contributed by atoms with Crippen molar-refractivity contribution in [3.8, 4) is 0 Å². The smallest absolute Gasteiger partial charge is 0.262 e. The molecule has 0 atom stereocenters. The highest BCUT2D eigenvalue weighted by atomic mass is 35.5. The first-order chi connectivity index (χ1) is 7.93. The van der Waals surface area contributed by atoms with E-state index >= 15 is 0 Å². The van der Waals surface area contributed by atoms with Crippen LogP contribution in [0.2, 0.25) is 5.02 Å². The maximum absolute atomic E-state index is 11.9. The van der Waals surface area contributed by atoms with Gasteiger partial charge in [-0.05, 0) is 29.2 Å². The molecule has 0 aliphatic heterocycles. The van der Waals surface area contributed by atoms with E-state index in [-0.39, 0.29) is 5.91 Å². The molecule has 0 fully saturated rings. The topological polar surface area (TPSA) is 29.1 Å². The molecule has 17 heavy (non-hydrogen) atoms. The van der Waals surface area contributed by atoms with Gasteiger partial charge in [0.05, 0.1) is 5.02 Å².